The van der Waals surface area contributed by atoms with Crippen LogP contribution in [-0.2, 0) is 19.1 Å². The van der Waals surface area contributed by atoms with Crippen molar-refractivity contribution in [1.29, 1.82) is 0 Å². The summed E-state index contributed by atoms with van der Waals surface area (Å²) in [5.74, 6) is -2.75. The van der Waals surface area contributed by atoms with Crippen molar-refractivity contribution in [2.75, 3.05) is 14.2 Å². The Morgan fingerprint density at radius 2 is 1.68 bits per heavy atom. The number of hydrogen-bond donors (Lipinski definition) is 0. The molecule has 1 aromatic carbocycles. The molecule has 4 nitrogen and oxygen atoms in total. The Kier molecular flexibility index (Phi) is 5.30. The van der Waals surface area contributed by atoms with Crippen LogP contribution in [0.1, 0.15) is 17.0 Å². The van der Waals surface area contributed by atoms with Gasteiger partial charge in [0, 0.05) is 5.92 Å². The van der Waals surface area contributed by atoms with Gasteiger partial charge < -0.3 is 9.47 Å². The summed E-state index contributed by atoms with van der Waals surface area (Å²) in [7, 11) is 2.49. The number of benzene rings is 1. The van der Waals surface area contributed by atoms with E-state index in [1.165, 1.54) is 14.2 Å². The van der Waals surface area contributed by atoms with Gasteiger partial charge in [-0.05, 0) is 18.1 Å². The summed E-state index contributed by atoms with van der Waals surface area (Å²) in [6.07, 6.45) is 1.57. The van der Waals surface area contributed by atoms with Crippen LogP contribution < -0.4 is 0 Å². The van der Waals surface area contributed by atoms with Crippen molar-refractivity contribution >= 4 is 11.9 Å². The number of carbonyl (C=O) groups excluding carboxylic acids is 2. The van der Waals surface area contributed by atoms with E-state index in [2.05, 4.69) is 6.58 Å². The minimum absolute atomic E-state index is 0.471. The third-order valence-electron chi connectivity index (χ3n) is 3.07. The first kappa shape index (κ1) is 15.0. The van der Waals surface area contributed by atoms with Crippen LogP contribution in [0.2, 0.25) is 0 Å². The van der Waals surface area contributed by atoms with Crippen molar-refractivity contribution < 1.29 is 19.1 Å². The fourth-order valence-electron chi connectivity index (χ4n) is 2.05. The molecule has 0 bridgehead atoms. The van der Waals surface area contributed by atoms with Gasteiger partial charge in [-0.25, -0.2) is 0 Å². The second-order valence-electron chi connectivity index (χ2n) is 4.14. The van der Waals surface area contributed by atoms with Gasteiger partial charge in [0.05, 0.1) is 14.2 Å². The molecule has 0 saturated carbocycles. The number of esters is 2. The van der Waals surface area contributed by atoms with E-state index in [1.54, 1.807) is 6.08 Å². The molecule has 0 N–H and O–H groups in total. The van der Waals surface area contributed by atoms with Gasteiger partial charge in [0.25, 0.3) is 0 Å². The van der Waals surface area contributed by atoms with Gasteiger partial charge in [0.1, 0.15) is 0 Å². The molecule has 0 heterocycles. The smallest absolute Gasteiger partial charge is 0.321 e. The Morgan fingerprint density at radius 3 is 2.11 bits per heavy atom. The maximum Gasteiger partial charge on any atom is 0.321 e. The molecule has 0 saturated heterocycles. The lowest BCUT2D eigenvalue weighted by Crippen LogP contribution is -2.31. The average Bonchev–Trinajstić information content (AvgIpc) is 2.44. The molecular formula is C15H18O4. The molecule has 4 heteroatoms. The van der Waals surface area contributed by atoms with E-state index in [1.807, 2.05) is 31.2 Å². The molecular weight excluding hydrogens is 244 g/mol. The lowest BCUT2D eigenvalue weighted by atomic mass is 9.84. The summed E-state index contributed by atoms with van der Waals surface area (Å²) in [4.78, 5) is 23.7. The van der Waals surface area contributed by atoms with E-state index in [4.69, 9.17) is 9.47 Å². The molecule has 0 amide bonds. The third-order valence-corrected chi connectivity index (χ3v) is 3.07. The quantitative estimate of drug-likeness (QED) is 0.464. The molecule has 0 aromatic heterocycles. The first-order valence-corrected chi connectivity index (χ1v) is 5.90. The highest BCUT2D eigenvalue weighted by Gasteiger charge is 2.36. The zero-order chi connectivity index (χ0) is 14.4. The Balaban J connectivity index is 3.24. The van der Waals surface area contributed by atoms with Gasteiger partial charge in [-0.15, -0.1) is 6.58 Å². The molecule has 0 fully saturated rings. The van der Waals surface area contributed by atoms with Gasteiger partial charge in [-0.3, -0.25) is 9.59 Å². The Labute approximate surface area is 113 Å². The van der Waals surface area contributed by atoms with E-state index in [0.29, 0.717) is 0 Å². The first-order chi connectivity index (χ1) is 9.06. The summed E-state index contributed by atoms with van der Waals surface area (Å²) in [6, 6.07) is 7.52. The zero-order valence-electron chi connectivity index (χ0n) is 11.4. The standard InChI is InChI=1S/C15H18O4/c1-5-11(12-9-7-6-8-10(12)2)13(14(16)18-3)15(17)19-4/h5-9,11,13H,1H2,2-4H3/t11-/m0/s1. The SMILES string of the molecule is C=C[C@@H](c1ccccc1C)C(C(=O)OC)C(=O)OC. The van der Waals surface area contributed by atoms with Crippen molar-refractivity contribution in [3.63, 3.8) is 0 Å². The van der Waals surface area contributed by atoms with Crippen LogP contribution in [0.4, 0.5) is 0 Å². The van der Waals surface area contributed by atoms with Crippen molar-refractivity contribution in [3.05, 3.63) is 48.0 Å². The minimum atomic E-state index is -1.03. The van der Waals surface area contributed by atoms with Crippen molar-refractivity contribution in [1.82, 2.24) is 0 Å². The number of allylic oxidation sites excluding steroid dienone is 1. The van der Waals surface area contributed by atoms with E-state index in [9.17, 15) is 9.59 Å². The Morgan fingerprint density at radius 1 is 1.16 bits per heavy atom. The number of ether oxygens (including phenoxy) is 2. The number of rotatable bonds is 5. The summed E-state index contributed by atoms with van der Waals surface area (Å²) in [5.41, 5.74) is 1.84. The van der Waals surface area contributed by atoms with Crippen molar-refractivity contribution in [2.45, 2.75) is 12.8 Å². The maximum atomic E-state index is 11.8. The van der Waals surface area contributed by atoms with E-state index >= 15 is 0 Å². The van der Waals surface area contributed by atoms with Gasteiger partial charge in [0.2, 0.25) is 0 Å². The molecule has 0 aliphatic carbocycles. The minimum Gasteiger partial charge on any atom is -0.468 e. The fraction of sp³-hybridized carbons (Fsp3) is 0.333. The normalized spacial score (nSPS) is 11.8. The summed E-state index contributed by atoms with van der Waals surface area (Å²) in [6.45, 7) is 5.63. The molecule has 1 rings (SSSR count). The number of carbonyl (C=O) groups is 2. The molecule has 0 radical (unpaired) electrons. The molecule has 0 aliphatic heterocycles. The van der Waals surface area contributed by atoms with Crippen LogP contribution in [0, 0.1) is 12.8 Å². The summed E-state index contributed by atoms with van der Waals surface area (Å²) >= 11 is 0. The molecule has 1 atom stereocenters. The van der Waals surface area contributed by atoms with E-state index in [0.717, 1.165) is 11.1 Å². The molecule has 1 aromatic rings. The highest BCUT2D eigenvalue weighted by molar-refractivity contribution is 5.96. The monoisotopic (exact) mass is 262 g/mol. The summed E-state index contributed by atoms with van der Waals surface area (Å²) < 4.78 is 9.38. The molecule has 19 heavy (non-hydrogen) atoms. The second-order valence-corrected chi connectivity index (χ2v) is 4.14. The van der Waals surface area contributed by atoms with Crippen LogP contribution in [0.5, 0.6) is 0 Å². The largest absolute Gasteiger partial charge is 0.468 e. The van der Waals surface area contributed by atoms with E-state index < -0.39 is 23.8 Å². The van der Waals surface area contributed by atoms with Crippen LogP contribution in [-0.4, -0.2) is 26.2 Å². The highest BCUT2D eigenvalue weighted by Crippen LogP contribution is 2.30. The number of hydrogen-bond acceptors (Lipinski definition) is 4. The number of aryl methyl sites for hydroxylation is 1. The summed E-state index contributed by atoms with van der Waals surface area (Å²) in [5, 5.41) is 0. The first-order valence-electron chi connectivity index (χ1n) is 5.90. The lowest BCUT2D eigenvalue weighted by molar-refractivity contribution is -0.159. The topological polar surface area (TPSA) is 52.6 Å². The van der Waals surface area contributed by atoms with Crippen LogP contribution in [0.3, 0.4) is 0 Å². The second kappa shape index (κ2) is 6.73. The Hall–Kier alpha value is -2.10. The van der Waals surface area contributed by atoms with Crippen LogP contribution in [0.25, 0.3) is 0 Å². The average molecular weight is 262 g/mol. The van der Waals surface area contributed by atoms with Crippen LogP contribution >= 0.6 is 0 Å². The predicted octanol–water partition coefficient (Wildman–Crippen LogP) is 2.23. The lowest BCUT2D eigenvalue weighted by Gasteiger charge is -2.22. The molecule has 0 unspecified atom stereocenters. The Bertz CT molecular complexity index is 463. The van der Waals surface area contributed by atoms with Gasteiger partial charge in [-0.2, -0.15) is 0 Å². The molecule has 0 spiro atoms. The van der Waals surface area contributed by atoms with Crippen molar-refractivity contribution in [2.24, 2.45) is 5.92 Å². The third kappa shape index (κ3) is 3.22. The zero-order valence-corrected chi connectivity index (χ0v) is 11.4. The fourth-order valence-corrected chi connectivity index (χ4v) is 2.05. The van der Waals surface area contributed by atoms with Gasteiger partial charge >= 0.3 is 11.9 Å². The van der Waals surface area contributed by atoms with E-state index in [-0.39, 0.29) is 0 Å². The van der Waals surface area contributed by atoms with Crippen LogP contribution in [0.15, 0.2) is 36.9 Å². The van der Waals surface area contributed by atoms with Gasteiger partial charge in [-0.1, -0.05) is 30.3 Å². The van der Waals surface area contributed by atoms with Crippen molar-refractivity contribution in [3.8, 4) is 0 Å². The molecule has 102 valence electrons. The van der Waals surface area contributed by atoms with Gasteiger partial charge in [0.15, 0.2) is 5.92 Å². The predicted molar refractivity (Wildman–Crippen MR) is 71.6 cm³/mol. The molecule has 0 aliphatic rings. The number of methoxy groups -OCH3 is 2. The maximum absolute atomic E-state index is 11.8. The highest BCUT2D eigenvalue weighted by atomic mass is 16.5.